The number of phosphoric acid groups is 3. The largest absolute Gasteiger partial charge is 0.481 e. The Hall–Kier alpha value is -3.92. The number of imidazole rings is 1. The standard InChI is InChI=1S/C31H51N10O22P3S2/c1-31(2,24(47)28(49)35-6-5-18(42)34-7-8-67-68-11-16(27(48)36-9-20(44)45)40-19(43)4-3-15(32)30(50)51)12-60-66(57,58)63-65(55,56)59-10-17-23(62-64(52,53)54)22(46)29(61-17)41-14-39-21-25(33)37-13-38-26(21)41/h13-17,22-24,29,46-47H,3-12,32H2,1-2H3,(H,34,42)(H,35,49)(H,36,48)(H,40,43)(H,44,45)(H,50,51)(H,55,56)(H,57,58)(H2,33,37,38)(H2,52,53,54)/t15-,16-,17+,22+,23+,24?,29+/m0/s1. The van der Waals surface area contributed by atoms with E-state index >= 15 is 0 Å². The van der Waals surface area contributed by atoms with E-state index in [0.29, 0.717) is 0 Å². The second-order valence-electron chi connectivity index (χ2n) is 14.9. The summed E-state index contributed by atoms with van der Waals surface area (Å²) in [5, 5.41) is 48.7. The molecule has 32 nitrogen and oxygen atoms in total. The molecule has 0 radical (unpaired) electrons. The maximum absolute atomic E-state index is 12.7. The molecule has 0 bridgehead atoms. The lowest BCUT2D eigenvalue weighted by Gasteiger charge is -2.30. The van der Waals surface area contributed by atoms with E-state index in [9.17, 15) is 72.2 Å². The fourth-order valence-corrected chi connectivity index (χ4v) is 10.4. The first-order valence-electron chi connectivity index (χ1n) is 19.4. The molecule has 16 N–H and O–H groups in total. The number of ether oxygens (including phenoxy) is 1. The summed E-state index contributed by atoms with van der Waals surface area (Å²) in [4.78, 5) is 122. The van der Waals surface area contributed by atoms with Gasteiger partial charge in [0.1, 0.15) is 54.9 Å². The molecule has 3 heterocycles. The van der Waals surface area contributed by atoms with Crippen molar-refractivity contribution in [2.45, 2.75) is 75.8 Å². The van der Waals surface area contributed by atoms with Crippen molar-refractivity contribution in [3.05, 3.63) is 12.7 Å². The molecular formula is C31H51N10O22P3S2. The van der Waals surface area contributed by atoms with Gasteiger partial charge in [0.2, 0.25) is 23.6 Å². The van der Waals surface area contributed by atoms with Gasteiger partial charge in [0.15, 0.2) is 17.7 Å². The van der Waals surface area contributed by atoms with Gasteiger partial charge in [0.25, 0.3) is 0 Å². The van der Waals surface area contributed by atoms with E-state index in [1.807, 2.05) is 0 Å². The van der Waals surface area contributed by atoms with Crippen molar-refractivity contribution in [2.24, 2.45) is 11.1 Å². The molecule has 1 saturated heterocycles. The Kier molecular flexibility index (Phi) is 22.2. The molecular weight excluding hydrogens is 1020 g/mol. The van der Waals surface area contributed by atoms with Gasteiger partial charge in [-0.3, -0.25) is 46.9 Å². The zero-order valence-electron chi connectivity index (χ0n) is 35.7. The number of fused-ring (bicyclic) bond motifs is 1. The molecule has 384 valence electrons. The third-order valence-electron chi connectivity index (χ3n) is 8.97. The number of carbonyl (C=O) groups excluding carboxylic acids is 4. The number of rotatable bonds is 30. The van der Waals surface area contributed by atoms with Gasteiger partial charge in [-0.15, -0.1) is 0 Å². The van der Waals surface area contributed by atoms with Crippen molar-refractivity contribution in [1.29, 1.82) is 0 Å². The van der Waals surface area contributed by atoms with Crippen LogP contribution in [-0.2, 0) is 65.1 Å². The lowest BCUT2D eigenvalue weighted by Crippen LogP contribution is -2.49. The summed E-state index contributed by atoms with van der Waals surface area (Å²) in [6.45, 7) is -0.617. The van der Waals surface area contributed by atoms with Crippen LogP contribution >= 0.6 is 45.1 Å². The second-order valence-corrected chi connectivity index (χ2v) is 21.8. The molecule has 3 rings (SSSR count). The summed E-state index contributed by atoms with van der Waals surface area (Å²) in [7, 11) is -14.3. The monoisotopic (exact) mass is 1070 g/mol. The summed E-state index contributed by atoms with van der Waals surface area (Å²) in [6, 6.07) is -2.49. The zero-order chi connectivity index (χ0) is 51.2. The molecule has 68 heavy (non-hydrogen) atoms. The number of carboxylic acid groups (broad SMARTS) is 2. The smallest absolute Gasteiger partial charge is 0.480 e. The fraction of sp³-hybridized carbons (Fsp3) is 0.645. The summed E-state index contributed by atoms with van der Waals surface area (Å²) < 4.78 is 62.2. The molecule has 0 saturated carbocycles. The van der Waals surface area contributed by atoms with Crippen LogP contribution in [0.2, 0.25) is 0 Å². The van der Waals surface area contributed by atoms with Crippen molar-refractivity contribution in [2.75, 3.05) is 50.1 Å². The van der Waals surface area contributed by atoms with Crippen molar-refractivity contribution < 1.29 is 105 Å². The number of hydrogen-bond donors (Lipinski definition) is 14. The summed E-state index contributed by atoms with van der Waals surface area (Å²) in [5.41, 5.74) is 9.53. The van der Waals surface area contributed by atoms with E-state index < -0.39 is 127 Å². The van der Waals surface area contributed by atoms with Gasteiger partial charge in [-0.25, -0.2) is 28.6 Å². The Balaban J connectivity index is 1.42. The number of nitrogens with one attached hydrogen (secondary N) is 4. The number of aromatic nitrogens is 4. The third-order valence-corrected chi connectivity index (χ3v) is 14.5. The van der Waals surface area contributed by atoms with Crippen molar-refractivity contribution in [3.8, 4) is 0 Å². The Bertz CT molecular complexity index is 2260. The van der Waals surface area contributed by atoms with Crippen LogP contribution in [0.3, 0.4) is 0 Å². The Morgan fingerprint density at radius 2 is 1.60 bits per heavy atom. The highest BCUT2D eigenvalue weighted by Crippen LogP contribution is 2.61. The van der Waals surface area contributed by atoms with Crippen LogP contribution in [0.5, 0.6) is 0 Å². The van der Waals surface area contributed by atoms with Gasteiger partial charge in [-0.1, -0.05) is 35.4 Å². The number of nitrogen functional groups attached to an aromatic ring is 1. The van der Waals surface area contributed by atoms with E-state index in [0.717, 1.165) is 28.0 Å². The maximum Gasteiger partial charge on any atom is 0.481 e. The number of hydrogen-bond acceptors (Lipinski definition) is 23. The van der Waals surface area contributed by atoms with Gasteiger partial charge in [0.05, 0.1) is 19.5 Å². The first kappa shape index (κ1) is 58.4. The highest BCUT2D eigenvalue weighted by Gasteiger charge is 2.50. The van der Waals surface area contributed by atoms with E-state index in [1.54, 1.807) is 0 Å². The first-order valence-corrected chi connectivity index (χ1v) is 26.4. The van der Waals surface area contributed by atoms with Crippen LogP contribution in [-0.4, -0.2) is 176 Å². The second kappa shape index (κ2) is 25.8. The number of anilines is 1. The average molecular weight is 1070 g/mol. The maximum atomic E-state index is 12.7. The number of amides is 4. The Morgan fingerprint density at radius 1 is 0.926 bits per heavy atom. The van der Waals surface area contributed by atoms with E-state index in [-0.39, 0.29) is 60.8 Å². The number of carboxylic acids is 2. The Labute approximate surface area is 392 Å². The number of aliphatic hydroxyl groups excluding tert-OH is 2. The molecule has 0 aliphatic carbocycles. The molecule has 2 aromatic heterocycles. The van der Waals surface area contributed by atoms with Gasteiger partial charge >= 0.3 is 35.4 Å². The van der Waals surface area contributed by atoms with Crippen LogP contribution in [0.15, 0.2) is 12.7 Å². The molecule has 0 spiro atoms. The topological polar surface area (TPSA) is 505 Å². The zero-order valence-corrected chi connectivity index (χ0v) is 40.0. The van der Waals surface area contributed by atoms with E-state index in [1.165, 1.54) is 24.6 Å². The first-order chi connectivity index (χ1) is 31.5. The molecule has 1 fully saturated rings. The molecule has 1 aliphatic rings. The van der Waals surface area contributed by atoms with E-state index in [4.69, 9.17) is 35.5 Å². The predicted octanol–water partition coefficient (Wildman–Crippen LogP) is -3.34. The highest BCUT2D eigenvalue weighted by atomic mass is 33.1. The van der Waals surface area contributed by atoms with Crippen LogP contribution < -0.4 is 32.7 Å². The number of nitrogens with zero attached hydrogens (tertiary/aromatic N) is 4. The quantitative estimate of drug-likeness (QED) is 0.0207. The molecule has 2 aromatic rings. The molecule has 37 heteroatoms. The normalized spacial score (nSPS) is 20.6. The van der Waals surface area contributed by atoms with Gasteiger partial charge in [0, 0.05) is 42.9 Å². The minimum atomic E-state index is -5.63. The minimum Gasteiger partial charge on any atom is -0.480 e. The molecule has 0 aromatic carbocycles. The van der Waals surface area contributed by atoms with Gasteiger partial charge < -0.3 is 77.5 Å². The summed E-state index contributed by atoms with van der Waals surface area (Å²) in [5.74, 6) is -5.55. The fourth-order valence-electron chi connectivity index (χ4n) is 5.49. The SMILES string of the molecule is CC(C)(COP(=O)(O)OP(=O)(O)OC[C@H]1O[C@@H](n2cnc3c(N)ncnc32)[C@H](O)[C@@H]1OP(=O)(O)O)C(O)C(=O)NCCC(=O)NCCSSC[C@H](NC(=O)CC[C@H](N)C(=O)O)C(=O)NCC(=O)O. The van der Waals surface area contributed by atoms with Crippen molar-refractivity contribution in [3.63, 3.8) is 0 Å². The van der Waals surface area contributed by atoms with E-state index in [2.05, 4.69) is 45.1 Å². The van der Waals surface area contributed by atoms with Crippen molar-refractivity contribution >= 4 is 97.6 Å². The number of aliphatic carboxylic acids is 2. The lowest BCUT2D eigenvalue weighted by atomic mass is 9.87. The molecule has 1 aliphatic heterocycles. The highest BCUT2D eigenvalue weighted by molar-refractivity contribution is 8.76. The molecule has 9 atom stereocenters. The average Bonchev–Trinajstić information content (AvgIpc) is 3.80. The summed E-state index contributed by atoms with van der Waals surface area (Å²) in [6.07, 6.45) is -7.80. The van der Waals surface area contributed by atoms with Crippen LogP contribution in [0.4, 0.5) is 5.82 Å². The molecule has 3 unspecified atom stereocenters. The van der Waals surface area contributed by atoms with Crippen LogP contribution in [0, 0.1) is 5.41 Å². The third kappa shape index (κ3) is 19.1. The molecule has 4 amide bonds. The Morgan fingerprint density at radius 3 is 2.25 bits per heavy atom. The van der Waals surface area contributed by atoms with Gasteiger partial charge in [-0.2, -0.15) is 4.31 Å². The number of aliphatic hydroxyl groups is 2. The minimum absolute atomic E-state index is 0.00488. The van der Waals surface area contributed by atoms with Crippen LogP contribution in [0.1, 0.15) is 39.3 Å². The number of nitrogens with two attached hydrogens (primary N) is 2. The summed E-state index contributed by atoms with van der Waals surface area (Å²) >= 11 is 0. The predicted molar refractivity (Wildman–Crippen MR) is 232 cm³/mol. The number of carbonyl (C=O) groups is 6. The van der Waals surface area contributed by atoms with Crippen molar-refractivity contribution in [1.82, 2.24) is 40.8 Å². The number of phosphoric ester groups is 3. The van der Waals surface area contributed by atoms with Gasteiger partial charge in [-0.05, 0) is 6.42 Å². The van der Waals surface area contributed by atoms with Crippen LogP contribution in [0.25, 0.3) is 11.2 Å². The lowest BCUT2D eigenvalue weighted by molar-refractivity contribution is -0.139.